The van der Waals surface area contributed by atoms with Crippen molar-refractivity contribution in [1.82, 2.24) is 10.2 Å². The van der Waals surface area contributed by atoms with Gasteiger partial charge in [-0.15, -0.1) is 10.2 Å². The second-order valence-corrected chi connectivity index (χ2v) is 2.50. The molecule has 2 N–H and O–H groups in total. The van der Waals surface area contributed by atoms with Crippen molar-refractivity contribution < 1.29 is 19.8 Å². The number of aromatic nitrogens is 2. The van der Waals surface area contributed by atoms with Crippen molar-refractivity contribution in [2.24, 2.45) is 0 Å². The Morgan fingerprint density at radius 2 is 1.79 bits per heavy atom. The topological polar surface area (TPSA) is 104 Å². The Morgan fingerprint density at radius 3 is 2.14 bits per heavy atom. The minimum Gasteiger partial charge on any atom is -0.464 e. The van der Waals surface area contributed by atoms with E-state index < -0.39 is 12.2 Å². The van der Waals surface area contributed by atoms with Crippen molar-refractivity contribution in [2.45, 2.75) is 0 Å². The van der Waals surface area contributed by atoms with E-state index in [-0.39, 0.29) is 15.9 Å². The Hall–Kier alpha value is -1.89. The molecule has 2 amide bonds. The maximum absolute atomic E-state index is 10.5. The number of hydrogen-bond acceptors (Lipinski definition) is 4. The van der Waals surface area contributed by atoms with Gasteiger partial charge in [-0.25, -0.2) is 9.59 Å². The van der Waals surface area contributed by atoms with E-state index in [0.717, 1.165) is 6.07 Å². The van der Waals surface area contributed by atoms with Crippen molar-refractivity contribution >= 4 is 29.6 Å². The average molecular weight is 218 g/mol. The first-order valence-corrected chi connectivity index (χ1v) is 3.65. The van der Waals surface area contributed by atoms with Crippen LogP contribution in [-0.4, -0.2) is 32.6 Å². The van der Waals surface area contributed by atoms with Gasteiger partial charge in [0.1, 0.15) is 0 Å². The van der Waals surface area contributed by atoms with Crippen LogP contribution in [0.15, 0.2) is 12.1 Å². The van der Waals surface area contributed by atoms with Crippen molar-refractivity contribution in [3.8, 4) is 0 Å². The number of rotatable bonds is 1. The number of anilines is 1. The summed E-state index contributed by atoms with van der Waals surface area (Å²) in [5.41, 5.74) is 0. The molecule has 0 atom stereocenters. The summed E-state index contributed by atoms with van der Waals surface area (Å²) in [6.45, 7) is 0. The summed E-state index contributed by atoms with van der Waals surface area (Å²) in [7, 11) is 0. The average Bonchev–Trinajstić information content (AvgIpc) is 2.07. The first-order valence-electron chi connectivity index (χ1n) is 3.27. The minimum absolute atomic E-state index is 0.0311. The van der Waals surface area contributed by atoms with E-state index in [2.05, 4.69) is 10.2 Å². The Bertz CT molecular complexity index is 352. The maximum atomic E-state index is 10.5. The van der Waals surface area contributed by atoms with Crippen LogP contribution in [0.4, 0.5) is 15.4 Å². The van der Waals surface area contributed by atoms with E-state index >= 15 is 0 Å². The zero-order chi connectivity index (χ0) is 10.7. The van der Waals surface area contributed by atoms with E-state index in [1.54, 1.807) is 0 Å². The molecule has 0 bridgehead atoms. The van der Waals surface area contributed by atoms with Crippen LogP contribution < -0.4 is 4.90 Å². The maximum Gasteiger partial charge on any atom is 0.422 e. The van der Waals surface area contributed by atoms with E-state index in [9.17, 15) is 9.59 Å². The molecule has 1 aromatic rings. The lowest BCUT2D eigenvalue weighted by Gasteiger charge is -2.10. The van der Waals surface area contributed by atoms with Crippen LogP contribution in [0.2, 0.25) is 5.15 Å². The van der Waals surface area contributed by atoms with Gasteiger partial charge in [-0.1, -0.05) is 11.6 Å². The van der Waals surface area contributed by atoms with Gasteiger partial charge in [0.05, 0.1) is 0 Å². The van der Waals surface area contributed by atoms with Gasteiger partial charge in [0.25, 0.3) is 0 Å². The largest absolute Gasteiger partial charge is 0.464 e. The van der Waals surface area contributed by atoms with E-state index in [1.165, 1.54) is 6.07 Å². The molecule has 1 aromatic heterocycles. The summed E-state index contributed by atoms with van der Waals surface area (Å²) in [4.78, 5) is 21.0. The highest BCUT2D eigenvalue weighted by Gasteiger charge is 2.23. The van der Waals surface area contributed by atoms with Crippen LogP contribution >= 0.6 is 11.6 Å². The molecular formula is C6H4ClN3O4. The Kier molecular flexibility index (Phi) is 2.82. The van der Waals surface area contributed by atoms with Crippen LogP contribution in [0.1, 0.15) is 0 Å². The summed E-state index contributed by atoms with van der Waals surface area (Å²) in [5, 5.41) is 23.7. The third-order valence-electron chi connectivity index (χ3n) is 1.23. The van der Waals surface area contributed by atoms with Crippen LogP contribution in [-0.2, 0) is 0 Å². The lowest BCUT2D eigenvalue weighted by atomic mass is 10.5. The number of carbonyl (C=O) groups is 2. The van der Waals surface area contributed by atoms with Gasteiger partial charge in [-0.2, -0.15) is 4.90 Å². The van der Waals surface area contributed by atoms with Crippen molar-refractivity contribution in [3.63, 3.8) is 0 Å². The molecule has 0 fully saturated rings. The molecule has 7 nitrogen and oxygen atoms in total. The molecule has 1 rings (SSSR count). The van der Waals surface area contributed by atoms with Gasteiger partial charge in [-0.05, 0) is 12.1 Å². The fraction of sp³-hybridized carbons (Fsp3) is 0. The zero-order valence-corrected chi connectivity index (χ0v) is 7.34. The Morgan fingerprint density at radius 1 is 1.21 bits per heavy atom. The van der Waals surface area contributed by atoms with Gasteiger partial charge in [-0.3, -0.25) is 0 Å². The molecule has 0 aliphatic carbocycles. The third-order valence-corrected chi connectivity index (χ3v) is 1.43. The summed E-state index contributed by atoms with van der Waals surface area (Å²) in [5.74, 6) is -0.325. The van der Waals surface area contributed by atoms with Gasteiger partial charge < -0.3 is 10.2 Å². The minimum atomic E-state index is -1.66. The summed E-state index contributed by atoms with van der Waals surface area (Å²) < 4.78 is 0. The smallest absolute Gasteiger partial charge is 0.422 e. The van der Waals surface area contributed by atoms with E-state index in [0.29, 0.717) is 0 Å². The molecule has 0 saturated carbocycles. The molecule has 0 unspecified atom stereocenters. The molecular weight excluding hydrogens is 214 g/mol. The predicted molar refractivity (Wildman–Crippen MR) is 45.6 cm³/mol. The second-order valence-electron chi connectivity index (χ2n) is 2.11. The third kappa shape index (κ3) is 2.07. The monoisotopic (exact) mass is 217 g/mol. The normalized spacial score (nSPS) is 9.50. The lowest BCUT2D eigenvalue weighted by molar-refractivity contribution is 0.184. The van der Waals surface area contributed by atoms with Gasteiger partial charge in [0.15, 0.2) is 11.0 Å². The predicted octanol–water partition coefficient (Wildman–Crippen LogP) is 1.29. The standard InChI is InChI=1S/C6H4ClN3O4/c7-3-1-2-4(9-8-3)10(5(11)12)6(13)14/h1-2H,(H,11,12)(H,13,14). The second kappa shape index (κ2) is 3.88. The van der Waals surface area contributed by atoms with Gasteiger partial charge in [0.2, 0.25) is 0 Å². The van der Waals surface area contributed by atoms with Gasteiger partial charge in [0, 0.05) is 0 Å². The van der Waals surface area contributed by atoms with Gasteiger partial charge >= 0.3 is 12.2 Å². The summed E-state index contributed by atoms with van der Waals surface area (Å²) in [6, 6.07) is 2.38. The number of hydrogen-bond donors (Lipinski definition) is 2. The van der Waals surface area contributed by atoms with Crippen LogP contribution in [0.3, 0.4) is 0 Å². The Balaban J connectivity index is 3.06. The molecule has 0 saturated heterocycles. The van der Waals surface area contributed by atoms with Crippen molar-refractivity contribution in [3.05, 3.63) is 17.3 Å². The molecule has 0 aliphatic heterocycles. The van der Waals surface area contributed by atoms with Crippen molar-refractivity contribution in [1.29, 1.82) is 0 Å². The quantitative estimate of drug-likeness (QED) is 0.735. The molecule has 74 valence electrons. The zero-order valence-electron chi connectivity index (χ0n) is 6.59. The fourth-order valence-corrected chi connectivity index (χ4v) is 0.807. The highest BCUT2D eigenvalue weighted by atomic mass is 35.5. The van der Waals surface area contributed by atoms with Crippen LogP contribution in [0.5, 0.6) is 0 Å². The van der Waals surface area contributed by atoms with Crippen LogP contribution in [0, 0.1) is 0 Å². The molecule has 14 heavy (non-hydrogen) atoms. The highest BCUT2D eigenvalue weighted by Crippen LogP contribution is 2.11. The molecule has 0 spiro atoms. The first-order chi connectivity index (χ1) is 6.52. The fourth-order valence-electron chi connectivity index (χ4n) is 0.706. The summed E-state index contributed by atoms with van der Waals surface area (Å²) in [6.07, 6.45) is -3.32. The molecule has 1 heterocycles. The molecule has 0 aromatic carbocycles. The highest BCUT2D eigenvalue weighted by molar-refractivity contribution is 6.29. The first kappa shape index (κ1) is 10.2. The molecule has 8 heteroatoms. The van der Waals surface area contributed by atoms with Crippen LogP contribution in [0.25, 0.3) is 0 Å². The number of carboxylic acid groups (broad SMARTS) is 2. The number of amides is 2. The number of nitrogens with zero attached hydrogens (tertiary/aromatic N) is 3. The number of halogens is 1. The summed E-state index contributed by atoms with van der Waals surface area (Å²) >= 11 is 5.39. The lowest BCUT2D eigenvalue weighted by Crippen LogP contribution is -2.35. The molecule has 0 radical (unpaired) electrons. The van der Waals surface area contributed by atoms with E-state index in [4.69, 9.17) is 21.8 Å². The van der Waals surface area contributed by atoms with E-state index in [1.807, 2.05) is 0 Å². The van der Waals surface area contributed by atoms with Crippen molar-refractivity contribution in [2.75, 3.05) is 4.90 Å². The Labute approximate surface area is 82.5 Å². The molecule has 0 aliphatic rings. The number of imide groups is 1. The SMILES string of the molecule is O=C(O)N(C(=O)O)c1ccc(Cl)nn1.